The van der Waals surface area contributed by atoms with Gasteiger partial charge >= 0.3 is 11.9 Å². The lowest BCUT2D eigenvalue weighted by Gasteiger charge is -2.34. The first-order valence-electron chi connectivity index (χ1n) is 24.0. The van der Waals surface area contributed by atoms with E-state index in [2.05, 4.69) is 86.8 Å². The van der Waals surface area contributed by atoms with E-state index in [0.717, 1.165) is 89.9 Å². The van der Waals surface area contributed by atoms with Crippen molar-refractivity contribution in [3.05, 3.63) is 72.9 Å². The molecule has 0 radical (unpaired) electrons. The van der Waals surface area contributed by atoms with Crippen LogP contribution in [0.1, 0.15) is 187 Å². The molecule has 0 amide bonds. The third kappa shape index (κ3) is 40.2. The summed E-state index contributed by atoms with van der Waals surface area (Å²) in [5.41, 5.74) is 0. The molecule has 0 saturated heterocycles. The molecule has 0 aliphatic rings. The summed E-state index contributed by atoms with van der Waals surface area (Å²) in [6.45, 7) is 4.49. The molecule has 0 rings (SSSR count). The van der Waals surface area contributed by atoms with E-state index in [4.69, 9.17) is 14.2 Å². The van der Waals surface area contributed by atoms with Crippen molar-refractivity contribution in [2.45, 2.75) is 199 Å². The minimum atomic E-state index is -1.13. The molecule has 8 heteroatoms. The van der Waals surface area contributed by atoms with E-state index in [1.807, 2.05) is 0 Å². The topological polar surface area (TPSA) is 102 Å². The van der Waals surface area contributed by atoms with Gasteiger partial charge in [-0.15, -0.1) is 0 Å². The van der Waals surface area contributed by atoms with Crippen molar-refractivity contribution in [1.29, 1.82) is 0 Å². The number of rotatable bonds is 42. The Labute approximate surface area is 368 Å². The molecule has 0 aromatic rings. The van der Waals surface area contributed by atoms with Gasteiger partial charge in [-0.25, -0.2) is 0 Å². The van der Waals surface area contributed by atoms with Crippen LogP contribution in [0.15, 0.2) is 72.9 Å². The normalized spacial score (nSPS) is 13.6. The van der Waals surface area contributed by atoms with Crippen molar-refractivity contribution in [3.63, 3.8) is 0 Å². The molecule has 0 fully saturated rings. The highest BCUT2D eigenvalue weighted by Crippen LogP contribution is 2.14. The van der Waals surface area contributed by atoms with Gasteiger partial charge in [-0.3, -0.25) is 9.59 Å². The third-order valence-electron chi connectivity index (χ3n) is 10.3. The van der Waals surface area contributed by atoms with Gasteiger partial charge in [0, 0.05) is 19.3 Å². The second kappa shape index (κ2) is 42.5. The fourth-order valence-corrected chi connectivity index (χ4v) is 6.62. The van der Waals surface area contributed by atoms with E-state index in [1.54, 1.807) is 21.1 Å². The largest absolute Gasteiger partial charge is 0.544 e. The average molecular weight is 840 g/mol. The van der Waals surface area contributed by atoms with Gasteiger partial charge in [0.05, 0.1) is 40.3 Å². The number of hydrogen-bond donors (Lipinski definition) is 0. The Balaban J connectivity index is 4.29. The number of hydrogen-bond acceptors (Lipinski definition) is 7. The SMILES string of the molecule is CC/C=C/C/C=C/C/C=C/CCCCCCC(=O)OC(COCCC(C(=O)[O-])[N+](C)(C)C)COC(=O)CCCCCCCCCCC/C=C/C/C=C/C/C=C/CCCCC. The lowest BCUT2D eigenvalue weighted by atomic mass is 10.1. The number of unbranched alkanes of at least 4 members (excludes halogenated alkanes) is 16. The van der Waals surface area contributed by atoms with Crippen LogP contribution in [0.2, 0.25) is 0 Å². The Hall–Kier alpha value is -3.23. The molecule has 0 spiro atoms. The van der Waals surface area contributed by atoms with Gasteiger partial charge in [0.15, 0.2) is 6.10 Å². The van der Waals surface area contributed by atoms with Gasteiger partial charge in [-0.2, -0.15) is 0 Å². The first-order valence-corrected chi connectivity index (χ1v) is 24.0. The molecule has 0 bridgehead atoms. The van der Waals surface area contributed by atoms with Crippen molar-refractivity contribution in [1.82, 2.24) is 0 Å². The Morgan fingerprint density at radius 3 is 1.38 bits per heavy atom. The monoisotopic (exact) mass is 840 g/mol. The number of quaternary nitrogens is 1. The van der Waals surface area contributed by atoms with Crippen LogP contribution in [0.25, 0.3) is 0 Å². The predicted octanol–water partition coefficient (Wildman–Crippen LogP) is 12.2. The van der Waals surface area contributed by atoms with Crippen molar-refractivity contribution >= 4 is 17.9 Å². The number of carbonyl (C=O) groups is 3. The number of ether oxygens (including phenoxy) is 3. The highest BCUT2D eigenvalue weighted by molar-refractivity contribution is 5.70. The number of allylic oxidation sites excluding steroid dienone is 12. The summed E-state index contributed by atoms with van der Waals surface area (Å²) < 4.78 is 17.2. The van der Waals surface area contributed by atoms with Crippen LogP contribution in [0.3, 0.4) is 0 Å². The summed E-state index contributed by atoms with van der Waals surface area (Å²) in [6, 6.07) is -0.734. The van der Waals surface area contributed by atoms with E-state index >= 15 is 0 Å². The van der Waals surface area contributed by atoms with Crippen LogP contribution < -0.4 is 5.11 Å². The molecule has 0 saturated carbocycles. The zero-order valence-corrected chi connectivity index (χ0v) is 39.1. The molecule has 8 nitrogen and oxygen atoms in total. The first-order chi connectivity index (χ1) is 29.1. The molecule has 0 aromatic carbocycles. The standard InChI is InChI=1S/C52H89NO7/c1-6-8-10-12-14-16-18-20-22-23-24-25-26-27-28-29-31-32-34-36-38-40-42-50(54)59-47-48(46-58-45-44-49(52(56)57)53(3,4)5)60-51(55)43-41-39-37-35-33-30-21-19-17-15-13-11-9-7-2/h9,11,14-17,20-22,24-25,30,48-49H,6-8,10,12-13,18-19,23,26-29,31-47H2,1-5H3/b11-9+,16-14+,17-15+,22-20+,25-24+,30-21+. The molecule has 2 atom stereocenters. The molecular formula is C52H89NO7. The quantitative estimate of drug-likeness (QED) is 0.0261. The second-order valence-electron chi connectivity index (χ2n) is 17.0. The van der Waals surface area contributed by atoms with Crippen molar-refractivity contribution < 1.29 is 38.2 Å². The summed E-state index contributed by atoms with van der Waals surface area (Å²) in [4.78, 5) is 36.9. The molecule has 344 valence electrons. The summed E-state index contributed by atoms with van der Waals surface area (Å²) >= 11 is 0. The van der Waals surface area contributed by atoms with Gasteiger partial charge in [-0.05, 0) is 83.5 Å². The van der Waals surface area contributed by atoms with E-state index in [9.17, 15) is 19.5 Å². The van der Waals surface area contributed by atoms with E-state index in [-0.39, 0.29) is 42.7 Å². The maximum Gasteiger partial charge on any atom is 0.306 e. The minimum Gasteiger partial charge on any atom is -0.544 e. The van der Waals surface area contributed by atoms with Crippen LogP contribution >= 0.6 is 0 Å². The molecule has 0 heterocycles. The summed E-state index contributed by atoms with van der Waals surface area (Å²) in [6.07, 6.45) is 53.6. The lowest BCUT2D eigenvalue weighted by Crippen LogP contribution is -2.55. The Bertz CT molecular complexity index is 1210. The number of nitrogens with zero attached hydrogens (tertiary/aromatic N) is 1. The molecule has 0 aromatic heterocycles. The van der Waals surface area contributed by atoms with Crippen molar-refractivity contribution in [2.75, 3.05) is 41.0 Å². The van der Waals surface area contributed by atoms with Gasteiger partial charge in [0.25, 0.3) is 0 Å². The van der Waals surface area contributed by atoms with Crippen LogP contribution in [0.5, 0.6) is 0 Å². The molecule has 0 N–H and O–H groups in total. The van der Waals surface area contributed by atoms with Crippen LogP contribution in [-0.2, 0) is 28.6 Å². The van der Waals surface area contributed by atoms with Gasteiger partial charge < -0.3 is 28.6 Å². The highest BCUT2D eigenvalue weighted by atomic mass is 16.6. The maximum atomic E-state index is 12.7. The second-order valence-corrected chi connectivity index (χ2v) is 17.0. The number of likely N-dealkylation sites (N-methyl/N-ethyl adjacent to an activating group) is 1. The summed E-state index contributed by atoms with van der Waals surface area (Å²) in [7, 11) is 5.39. The average Bonchev–Trinajstić information content (AvgIpc) is 3.21. The van der Waals surface area contributed by atoms with Crippen LogP contribution in [0.4, 0.5) is 0 Å². The zero-order valence-electron chi connectivity index (χ0n) is 39.1. The zero-order chi connectivity index (χ0) is 44.2. The Kier molecular flexibility index (Phi) is 40.2. The Morgan fingerprint density at radius 2 is 0.933 bits per heavy atom. The fourth-order valence-electron chi connectivity index (χ4n) is 6.62. The number of carboxylic acids is 1. The molecular weight excluding hydrogens is 751 g/mol. The summed E-state index contributed by atoms with van der Waals surface area (Å²) in [5.74, 6) is -1.78. The third-order valence-corrected chi connectivity index (χ3v) is 10.3. The molecule has 0 aliphatic carbocycles. The fraction of sp³-hybridized carbons (Fsp3) is 0.712. The molecule has 0 aliphatic heterocycles. The summed E-state index contributed by atoms with van der Waals surface area (Å²) in [5, 5.41) is 11.6. The molecule has 60 heavy (non-hydrogen) atoms. The van der Waals surface area contributed by atoms with Crippen LogP contribution in [0, 0.1) is 0 Å². The van der Waals surface area contributed by atoms with Gasteiger partial charge in [-0.1, -0.05) is 157 Å². The highest BCUT2D eigenvalue weighted by Gasteiger charge is 2.25. The van der Waals surface area contributed by atoms with E-state index < -0.39 is 18.1 Å². The van der Waals surface area contributed by atoms with E-state index in [0.29, 0.717) is 12.8 Å². The first kappa shape index (κ1) is 56.8. The maximum absolute atomic E-state index is 12.7. The molecule has 2 unspecified atom stereocenters. The number of carbonyl (C=O) groups excluding carboxylic acids is 3. The lowest BCUT2D eigenvalue weighted by molar-refractivity contribution is -0.889. The van der Waals surface area contributed by atoms with Crippen LogP contribution in [-0.4, -0.2) is 75.5 Å². The van der Waals surface area contributed by atoms with Gasteiger partial charge in [0.1, 0.15) is 12.6 Å². The number of esters is 2. The smallest absolute Gasteiger partial charge is 0.306 e. The predicted molar refractivity (Wildman–Crippen MR) is 249 cm³/mol. The van der Waals surface area contributed by atoms with Crippen molar-refractivity contribution in [3.8, 4) is 0 Å². The number of carboxylic acid groups (broad SMARTS) is 1. The number of aliphatic carboxylic acids is 1. The Morgan fingerprint density at radius 1 is 0.517 bits per heavy atom. The van der Waals surface area contributed by atoms with E-state index in [1.165, 1.54) is 64.2 Å². The van der Waals surface area contributed by atoms with Gasteiger partial charge in [0.2, 0.25) is 0 Å². The van der Waals surface area contributed by atoms with Crippen molar-refractivity contribution in [2.24, 2.45) is 0 Å². The minimum absolute atomic E-state index is 0.0266.